The van der Waals surface area contributed by atoms with E-state index in [1.54, 1.807) is 0 Å². The van der Waals surface area contributed by atoms with Crippen molar-refractivity contribution in [3.05, 3.63) is 47.6 Å². The molecule has 2 aliphatic carbocycles. The molecule has 1 unspecified atom stereocenters. The predicted octanol–water partition coefficient (Wildman–Crippen LogP) is 2.71. The average molecular weight is 338 g/mol. The van der Waals surface area contributed by atoms with Crippen LogP contribution >= 0.6 is 0 Å². The van der Waals surface area contributed by atoms with Crippen molar-refractivity contribution in [2.45, 2.75) is 55.4 Å². The lowest BCUT2D eigenvalue weighted by Crippen LogP contribution is -2.30. The van der Waals surface area contributed by atoms with Crippen LogP contribution in [0.4, 0.5) is 0 Å². The number of piperidine rings is 1. The van der Waals surface area contributed by atoms with Crippen molar-refractivity contribution >= 4 is 0 Å². The first kappa shape index (κ1) is 15.5. The van der Waals surface area contributed by atoms with E-state index in [4.69, 9.17) is 9.51 Å². The smallest absolute Gasteiger partial charge is 0.231 e. The highest BCUT2D eigenvalue weighted by Gasteiger charge is 2.50. The van der Waals surface area contributed by atoms with Gasteiger partial charge in [-0.15, -0.1) is 0 Å². The van der Waals surface area contributed by atoms with Crippen LogP contribution in [0.3, 0.4) is 0 Å². The van der Waals surface area contributed by atoms with E-state index in [-0.39, 0.29) is 5.41 Å². The van der Waals surface area contributed by atoms with Crippen LogP contribution in [-0.4, -0.2) is 35.8 Å². The van der Waals surface area contributed by atoms with Gasteiger partial charge in [0.15, 0.2) is 5.82 Å². The molecular weight excluding hydrogens is 312 g/mol. The van der Waals surface area contributed by atoms with Crippen LogP contribution in [0.5, 0.6) is 0 Å². The van der Waals surface area contributed by atoms with Crippen LogP contribution in [0, 0.1) is 0 Å². The van der Waals surface area contributed by atoms with E-state index in [0.717, 1.165) is 37.8 Å². The lowest BCUT2D eigenvalue weighted by atomic mass is 9.99. The van der Waals surface area contributed by atoms with Gasteiger partial charge in [-0.25, -0.2) is 0 Å². The fraction of sp³-hybridized carbons (Fsp3) is 0.600. The molecule has 2 saturated carbocycles. The predicted molar refractivity (Wildman–Crippen MR) is 95.6 cm³/mol. The Bertz CT molecular complexity index is 718. The van der Waals surface area contributed by atoms with Gasteiger partial charge < -0.3 is 15.2 Å². The normalized spacial score (nSPS) is 30.2. The van der Waals surface area contributed by atoms with Crippen molar-refractivity contribution in [1.82, 2.24) is 20.8 Å². The molecule has 2 heterocycles. The highest BCUT2D eigenvalue weighted by atomic mass is 16.5. The van der Waals surface area contributed by atoms with Gasteiger partial charge in [0.05, 0.1) is 5.92 Å². The summed E-state index contributed by atoms with van der Waals surface area (Å²) in [5.74, 6) is 2.83. The van der Waals surface area contributed by atoms with Crippen molar-refractivity contribution in [3.8, 4) is 0 Å². The van der Waals surface area contributed by atoms with Crippen LogP contribution in [0.25, 0.3) is 0 Å². The summed E-state index contributed by atoms with van der Waals surface area (Å²) in [5.41, 5.74) is 1.57. The molecular formula is C20H26N4O. The molecule has 3 atom stereocenters. The summed E-state index contributed by atoms with van der Waals surface area (Å²) in [6.45, 7) is 3.05. The Balaban J connectivity index is 1.20. The number of rotatable bonds is 6. The van der Waals surface area contributed by atoms with Crippen LogP contribution in [0.1, 0.15) is 61.2 Å². The summed E-state index contributed by atoms with van der Waals surface area (Å²) in [6.07, 6.45) is 5.93. The number of benzene rings is 1. The molecule has 5 nitrogen and oxygen atoms in total. The second kappa shape index (κ2) is 6.22. The maximum absolute atomic E-state index is 5.61. The van der Waals surface area contributed by atoms with Crippen LogP contribution in [0.15, 0.2) is 34.9 Å². The molecule has 0 radical (unpaired) electrons. The lowest BCUT2D eigenvalue weighted by Gasteiger charge is -2.18. The summed E-state index contributed by atoms with van der Waals surface area (Å²) in [6, 6.07) is 11.4. The zero-order valence-electron chi connectivity index (χ0n) is 14.6. The molecule has 5 rings (SSSR count). The van der Waals surface area contributed by atoms with Gasteiger partial charge in [-0.1, -0.05) is 35.5 Å². The van der Waals surface area contributed by atoms with E-state index >= 15 is 0 Å². The van der Waals surface area contributed by atoms with E-state index in [1.165, 1.54) is 31.2 Å². The minimum absolute atomic E-state index is 0.119. The van der Waals surface area contributed by atoms with Gasteiger partial charge in [0.25, 0.3) is 0 Å². The minimum Gasteiger partial charge on any atom is -0.339 e. The topological polar surface area (TPSA) is 63.0 Å². The van der Waals surface area contributed by atoms with Gasteiger partial charge in [0, 0.05) is 30.5 Å². The van der Waals surface area contributed by atoms with E-state index in [1.807, 2.05) is 0 Å². The third-order valence-corrected chi connectivity index (χ3v) is 6.14. The summed E-state index contributed by atoms with van der Waals surface area (Å²) in [7, 11) is 0. The Morgan fingerprint density at radius 1 is 1.24 bits per heavy atom. The van der Waals surface area contributed by atoms with Gasteiger partial charge in [-0.2, -0.15) is 4.98 Å². The molecule has 1 aliphatic heterocycles. The molecule has 2 aromatic rings. The Morgan fingerprint density at radius 3 is 2.88 bits per heavy atom. The van der Waals surface area contributed by atoms with Gasteiger partial charge in [0.1, 0.15) is 0 Å². The number of nitrogens with one attached hydrogen (secondary N) is 2. The Morgan fingerprint density at radius 2 is 2.12 bits per heavy atom. The van der Waals surface area contributed by atoms with Crippen molar-refractivity contribution in [1.29, 1.82) is 0 Å². The Hall–Kier alpha value is -1.72. The van der Waals surface area contributed by atoms with Crippen molar-refractivity contribution in [3.63, 3.8) is 0 Å². The van der Waals surface area contributed by atoms with Crippen molar-refractivity contribution in [2.75, 3.05) is 19.6 Å². The minimum atomic E-state index is 0.119. The van der Waals surface area contributed by atoms with Gasteiger partial charge >= 0.3 is 0 Å². The number of hydrogen-bond donors (Lipinski definition) is 2. The largest absolute Gasteiger partial charge is 0.339 e. The zero-order valence-corrected chi connectivity index (χ0v) is 14.6. The SMILES string of the molecule is c1ccc([C@H]2C[C@@H]2NCC2(c3noc(C4CCCNC4)n3)CC2)cc1. The zero-order chi connectivity index (χ0) is 16.7. The highest BCUT2D eigenvalue weighted by Crippen LogP contribution is 2.48. The summed E-state index contributed by atoms with van der Waals surface area (Å²) < 4.78 is 5.61. The first-order valence-electron chi connectivity index (χ1n) is 9.67. The molecule has 1 aromatic heterocycles. The molecule has 0 spiro atoms. The third kappa shape index (κ3) is 3.11. The first-order chi connectivity index (χ1) is 12.3. The molecule has 2 N–H and O–H groups in total. The maximum Gasteiger partial charge on any atom is 0.231 e. The Labute approximate surface area is 148 Å². The monoisotopic (exact) mass is 338 g/mol. The maximum atomic E-state index is 5.61. The first-order valence-corrected chi connectivity index (χ1v) is 9.67. The second-order valence-electron chi connectivity index (χ2n) is 8.02. The fourth-order valence-electron chi connectivity index (χ4n) is 4.13. The molecule has 5 heteroatoms. The molecule has 1 aromatic carbocycles. The third-order valence-electron chi connectivity index (χ3n) is 6.14. The molecule has 3 aliphatic rings. The van der Waals surface area contributed by atoms with E-state index < -0.39 is 0 Å². The summed E-state index contributed by atoms with van der Waals surface area (Å²) >= 11 is 0. The summed E-state index contributed by atoms with van der Waals surface area (Å²) in [4.78, 5) is 4.79. The molecule has 3 fully saturated rings. The number of aromatic nitrogens is 2. The van der Waals surface area contributed by atoms with Crippen LogP contribution in [-0.2, 0) is 5.41 Å². The molecule has 0 amide bonds. The number of hydrogen-bond acceptors (Lipinski definition) is 5. The summed E-state index contributed by atoms with van der Waals surface area (Å²) in [5, 5.41) is 11.5. The van der Waals surface area contributed by atoms with Crippen molar-refractivity contribution in [2.24, 2.45) is 0 Å². The lowest BCUT2D eigenvalue weighted by molar-refractivity contribution is 0.318. The standard InChI is InChI=1S/C20H26N4O/c1-2-5-14(6-3-1)16-11-17(16)22-13-20(8-9-20)19-23-18(25-24-19)15-7-4-10-21-12-15/h1-3,5-6,15-17,21-22H,4,7-13H2/t15?,16-,17+/m1/s1. The van der Waals surface area contributed by atoms with Gasteiger partial charge in [0.2, 0.25) is 5.89 Å². The van der Waals surface area contributed by atoms with Crippen LogP contribution < -0.4 is 10.6 Å². The van der Waals surface area contributed by atoms with Crippen molar-refractivity contribution < 1.29 is 4.52 Å². The van der Waals surface area contributed by atoms with E-state index in [0.29, 0.717) is 17.9 Å². The van der Waals surface area contributed by atoms with E-state index in [2.05, 4.69) is 46.1 Å². The molecule has 132 valence electrons. The Kier molecular flexibility index (Phi) is 3.86. The number of nitrogens with zero attached hydrogens (tertiary/aromatic N) is 2. The molecule has 0 bridgehead atoms. The molecule has 1 saturated heterocycles. The second-order valence-corrected chi connectivity index (χ2v) is 8.02. The highest BCUT2D eigenvalue weighted by molar-refractivity contribution is 5.28. The molecule has 25 heavy (non-hydrogen) atoms. The van der Waals surface area contributed by atoms with E-state index in [9.17, 15) is 0 Å². The van der Waals surface area contributed by atoms with Crippen LogP contribution in [0.2, 0.25) is 0 Å². The quantitative estimate of drug-likeness (QED) is 0.848. The average Bonchev–Trinajstić information content (AvgIpc) is 3.58. The van der Waals surface area contributed by atoms with Gasteiger partial charge in [-0.05, 0) is 44.2 Å². The fourth-order valence-corrected chi connectivity index (χ4v) is 4.13. The van der Waals surface area contributed by atoms with Gasteiger partial charge in [-0.3, -0.25) is 0 Å².